The lowest BCUT2D eigenvalue weighted by Crippen LogP contribution is -2.44. The Kier molecular flexibility index (Phi) is 6.00. The molecule has 2 amide bonds. The van der Waals surface area contributed by atoms with Crippen molar-refractivity contribution >= 4 is 11.8 Å². The molecule has 1 aliphatic carbocycles. The van der Waals surface area contributed by atoms with Crippen LogP contribution in [0.2, 0.25) is 0 Å². The van der Waals surface area contributed by atoms with Gasteiger partial charge in [0.1, 0.15) is 0 Å². The minimum atomic E-state index is 0.0226. The van der Waals surface area contributed by atoms with E-state index in [-0.39, 0.29) is 23.8 Å². The van der Waals surface area contributed by atoms with Crippen LogP contribution in [0.15, 0.2) is 24.3 Å². The standard InChI is InChI=1S/C22H32N2O2/c1-4-16-5-7-17(8-6-16)20(15(2)3)23-21(25)18-11-13-24(14-12-18)22(26)19-9-10-19/h5-8,15,18-20H,4,9-14H2,1-3H3,(H,23,25)/t20-/m0/s1. The van der Waals surface area contributed by atoms with Gasteiger partial charge in [-0.1, -0.05) is 45.0 Å². The SMILES string of the molecule is CCc1ccc([C@@H](NC(=O)C2CCN(C(=O)C3CC3)CC2)C(C)C)cc1. The maximum atomic E-state index is 12.8. The van der Waals surface area contributed by atoms with Crippen LogP contribution in [0.3, 0.4) is 0 Å². The molecule has 1 heterocycles. The fourth-order valence-corrected chi connectivity index (χ4v) is 3.82. The van der Waals surface area contributed by atoms with E-state index in [1.165, 1.54) is 11.1 Å². The number of amides is 2. The zero-order valence-corrected chi connectivity index (χ0v) is 16.3. The van der Waals surface area contributed by atoms with Crippen molar-refractivity contribution in [2.75, 3.05) is 13.1 Å². The van der Waals surface area contributed by atoms with Crippen molar-refractivity contribution in [3.63, 3.8) is 0 Å². The second kappa shape index (κ2) is 8.24. The van der Waals surface area contributed by atoms with E-state index in [4.69, 9.17) is 0 Å². The molecular weight excluding hydrogens is 324 g/mol. The number of nitrogens with one attached hydrogen (secondary N) is 1. The average Bonchev–Trinajstić information content (AvgIpc) is 3.50. The highest BCUT2D eigenvalue weighted by Gasteiger charge is 2.36. The average molecular weight is 357 g/mol. The summed E-state index contributed by atoms with van der Waals surface area (Å²) < 4.78 is 0. The van der Waals surface area contributed by atoms with Crippen molar-refractivity contribution < 1.29 is 9.59 Å². The van der Waals surface area contributed by atoms with E-state index in [0.717, 1.165) is 45.2 Å². The number of nitrogens with zero attached hydrogens (tertiary/aromatic N) is 1. The molecule has 1 aromatic rings. The van der Waals surface area contributed by atoms with Gasteiger partial charge < -0.3 is 10.2 Å². The first-order valence-electron chi connectivity index (χ1n) is 10.2. The third-order valence-electron chi connectivity index (χ3n) is 5.82. The maximum Gasteiger partial charge on any atom is 0.225 e. The highest BCUT2D eigenvalue weighted by Crippen LogP contribution is 2.32. The molecule has 1 aromatic carbocycles. The molecule has 26 heavy (non-hydrogen) atoms. The monoisotopic (exact) mass is 356 g/mol. The van der Waals surface area contributed by atoms with Gasteiger partial charge in [-0.15, -0.1) is 0 Å². The van der Waals surface area contributed by atoms with Crippen molar-refractivity contribution in [3.05, 3.63) is 35.4 Å². The van der Waals surface area contributed by atoms with E-state index in [1.807, 2.05) is 4.90 Å². The number of rotatable bonds is 6. The van der Waals surface area contributed by atoms with E-state index in [0.29, 0.717) is 11.8 Å². The summed E-state index contributed by atoms with van der Waals surface area (Å²) in [5.74, 6) is 1.08. The van der Waals surface area contributed by atoms with Gasteiger partial charge in [0.25, 0.3) is 0 Å². The van der Waals surface area contributed by atoms with Crippen LogP contribution in [0.4, 0.5) is 0 Å². The molecule has 3 rings (SSSR count). The summed E-state index contributed by atoms with van der Waals surface area (Å²) in [5, 5.41) is 3.28. The highest BCUT2D eigenvalue weighted by atomic mass is 16.2. The molecule has 0 unspecified atom stereocenters. The summed E-state index contributed by atoms with van der Waals surface area (Å²) in [6, 6.07) is 8.62. The number of piperidine rings is 1. The predicted octanol–water partition coefficient (Wildman–Crippen LogP) is 3.71. The maximum absolute atomic E-state index is 12.8. The van der Waals surface area contributed by atoms with E-state index in [9.17, 15) is 9.59 Å². The lowest BCUT2D eigenvalue weighted by atomic mass is 9.91. The largest absolute Gasteiger partial charge is 0.349 e. The van der Waals surface area contributed by atoms with Gasteiger partial charge in [-0.3, -0.25) is 9.59 Å². The first-order chi connectivity index (χ1) is 12.5. The van der Waals surface area contributed by atoms with Gasteiger partial charge in [-0.2, -0.15) is 0 Å². The fourth-order valence-electron chi connectivity index (χ4n) is 3.82. The minimum Gasteiger partial charge on any atom is -0.349 e. The molecule has 1 atom stereocenters. The van der Waals surface area contributed by atoms with E-state index in [2.05, 4.69) is 50.4 Å². The molecule has 0 radical (unpaired) electrons. The number of likely N-dealkylation sites (tertiary alicyclic amines) is 1. The molecule has 0 aromatic heterocycles. The van der Waals surface area contributed by atoms with Crippen LogP contribution >= 0.6 is 0 Å². The Balaban J connectivity index is 1.57. The summed E-state index contributed by atoms with van der Waals surface area (Å²) >= 11 is 0. The normalized spacial score (nSPS) is 19.5. The smallest absolute Gasteiger partial charge is 0.225 e. The molecule has 1 aliphatic heterocycles. The first-order valence-corrected chi connectivity index (χ1v) is 10.2. The van der Waals surface area contributed by atoms with Gasteiger partial charge in [0.05, 0.1) is 6.04 Å². The molecular formula is C22H32N2O2. The van der Waals surface area contributed by atoms with Gasteiger partial charge in [-0.25, -0.2) is 0 Å². The van der Waals surface area contributed by atoms with Crippen molar-refractivity contribution in [3.8, 4) is 0 Å². The molecule has 0 bridgehead atoms. The Morgan fingerprint density at radius 1 is 1.04 bits per heavy atom. The van der Waals surface area contributed by atoms with Crippen LogP contribution in [0.1, 0.15) is 63.6 Å². The Bertz CT molecular complexity index is 626. The van der Waals surface area contributed by atoms with Crippen molar-refractivity contribution in [1.82, 2.24) is 10.2 Å². The summed E-state index contributed by atoms with van der Waals surface area (Å²) in [4.78, 5) is 26.9. The topological polar surface area (TPSA) is 49.4 Å². The number of carbonyl (C=O) groups is 2. The summed E-state index contributed by atoms with van der Waals surface area (Å²) in [6.07, 6.45) is 4.68. The molecule has 2 fully saturated rings. The number of aryl methyl sites for hydroxylation is 1. The predicted molar refractivity (Wildman–Crippen MR) is 104 cm³/mol. The Labute approximate surface area is 157 Å². The van der Waals surface area contributed by atoms with Crippen LogP contribution in [0.25, 0.3) is 0 Å². The van der Waals surface area contributed by atoms with Crippen LogP contribution in [-0.4, -0.2) is 29.8 Å². The fraction of sp³-hybridized carbons (Fsp3) is 0.636. The van der Waals surface area contributed by atoms with Gasteiger partial charge in [0.15, 0.2) is 0 Å². The lowest BCUT2D eigenvalue weighted by Gasteiger charge is -2.33. The number of hydrogen-bond acceptors (Lipinski definition) is 2. The van der Waals surface area contributed by atoms with Crippen molar-refractivity contribution in [1.29, 1.82) is 0 Å². The molecule has 2 aliphatic rings. The Morgan fingerprint density at radius 2 is 1.65 bits per heavy atom. The quantitative estimate of drug-likeness (QED) is 0.845. The summed E-state index contributed by atoms with van der Waals surface area (Å²) in [6.45, 7) is 7.90. The summed E-state index contributed by atoms with van der Waals surface area (Å²) in [7, 11) is 0. The van der Waals surface area contributed by atoms with Crippen molar-refractivity contribution in [2.45, 2.75) is 58.9 Å². The molecule has 1 N–H and O–H groups in total. The van der Waals surface area contributed by atoms with Gasteiger partial charge in [0, 0.05) is 24.9 Å². The molecule has 4 nitrogen and oxygen atoms in total. The van der Waals surface area contributed by atoms with Crippen LogP contribution in [0.5, 0.6) is 0 Å². The molecule has 0 spiro atoms. The van der Waals surface area contributed by atoms with Crippen molar-refractivity contribution in [2.24, 2.45) is 17.8 Å². The molecule has 142 valence electrons. The highest BCUT2D eigenvalue weighted by molar-refractivity contribution is 5.82. The van der Waals surface area contributed by atoms with E-state index >= 15 is 0 Å². The Morgan fingerprint density at radius 3 is 2.15 bits per heavy atom. The number of hydrogen-bond donors (Lipinski definition) is 1. The van der Waals surface area contributed by atoms with Crippen LogP contribution in [0, 0.1) is 17.8 Å². The lowest BCUT2D eigenvalue weighted by molar-refractivity contribution is -0.137. The third-order valence-corrected chi connectivity index (χ3v) is 5.82. The van der Waals surface area contributed by atoms with Gasteiger partial charge in [-0.05, 0) is 49.1 Å². The number of benzene rings is 1. The second-order valence-corrected chi connectivity index (χ2v) is 8.20. The number of carbonyl (C=O) groups excluding carboxylic acids is 2. The second-order valence-electron chi connectivity index (χ2n) is 8.20. The van der Waals surface area contributed by atoms with Crippen LogP contribution in [-0.2, 0) is 16.0 Å². The van der Waals surface area contributed by atoms with Gasteiger partial charge in [0.2, 0.25) is 11.8 Å². The van der Waals surface area contributed by atoms with Gasteiger partial charge >= 0.3 is 0 Å². The molecule has 4 heteroatoms. The van der Waals surface area contributed by atoms with E-state index < -0.39 is 0 Å². The Hall–Kier alpha value is -1.84. The van der Waals surface area contributed by atoms with Crippen LogP contribution < -0.4 is 5.32 Å². The summed E-state index contributed by atoms with van der Waals surface area (Å²) in [5.41, 5.74) is 2.49. The molecule has 1 saturated carbocycles. The third kappa shape index (κ3) is 4.46. The first kappa shape index (κ1) is 18.9. The molecule has 1 saturated heterocycles. The van der Waals surface area contributed by atoms with E-state index in [1.54, 1.807) is 0 Å². The minimum absolute atomic E-state index is 0.0226. The zero-order chi connectivity index (χ0) is 18.7. The zero-order valence-electron chi connectivity index (χ0n) is 16.3.